The van der Waals surface area contributed by atoms with E-state index in [1.54, 1.807) is 7.11 Å². The highest BCUT2D eigenvalue weighted by Crippen LogP contribution is 2.46. The lowest BCUT2D eigenvalue weighted by molar-refractivity contribution is 0.00578. The van der Waals surface area contributed by atoms with Gasteiger partial charge in [0, 0.05) is 11.5 Å². The first-order valence-electron chi connectivity index (χ1n) is 13.4. The smallest absolute Gasteiger partial charge is 0.458 e. The number of para-hydroxylation sites is 1. The highest BCUT2D eigenvalue weighted by Gasteiger charge is 2.52. The summed E-state index contributed by atoms with van der Waals surface area (Å²) in [6.45, 7) is 17.5. The molecule has 0 bridgehead atoms. The zero-order valence-corrected chi connectivity index (χ0v) is 24.9. The van der Waals surface area contributed by atoms with Crippen molar-refractivity contribution in [1.82, 2.24) is 0 Å². The Bertz CT molecular complexity index is 1210. The van der Waals surface area contributed by atoms with E-state index in [1.807, 2.05) is 42.5 Å². The van der Waals surface area contributed by atoms with Gasteiger partial charge in [-0.15, -0.1) is 0 Å². The third-order valence-electron chi connectivity index (χ3n) is 8.04. The average molecular weight is 529 g/mol. The molecule has 2 unspecified atom stereocenters. The Labute approximate surface area is 230 Å². The fourth-order valence-electron chi connectivity index (χ4n) is 5.07. The highest BCUT2D eigenvalue weighted by atomic mass is 28.4. The van der Waals surface area contributed by atoms with Gasteiger partial charge in [-0.1, -0.05) is 85.4 Å². The molecule has 4 rings (SSSR count). The second-order valence-corrected chi connectivity index (χ2v) is 15.4. The summed E-state index contributed by atoms with van der Waals surface area (Å²) in [6, 6.07) is 29.0. The molecule has 3 aromatic carbocycles. The monoisotopic (exact) mass is 528 g/mol. The Morgan fingerprint density at radius 2 is 1.37 bits per heavy atom. The maximum Gasteiger partial charge on any atom is 0.458 e. The molecule has 0 spiro atoms. The van der Waals surface area contributed by atoms with E-state index in [0.29, 0.717) is 6.32 Å². The van der Waals surface area contributed by atoms with Gasteiger partial charge in [-0.2, -0.15) is 0 Å². The largest absolute Gasteiger partial charge is 0.496 e. The minimum atomic E-state index is -2.36. The second kappa shape index (κ2) is 11.2. The van der Waals surface area contributed by atoms with E-state index in [-0.39, 0.29) is 12.0 Å². The topological polar surface area (TPSA) is 36.9 Å². The first-order chi connectivity index (χ1) is 17.9. The van der Waals surface area contributed by atoms with Crippen LogP contribution >= 0.6 is 0 Å². The van der Waals surface area contributed by atoms with Crippen LogP contribution in [-0.2, 0) is 13.7 Å². The number of ether oxygens (including phenoxy) is 1. The molecule has 1 aliphatic heterocycles. The second-order valence-electron chi connectivity index (χ2n) is 11.6. The van der Waals surface area contributed by atoms with Crippen LogP contribution in [0.4, 0.5) is 0 Å². The summed E-state index contributed by atoms with van der Waals surface area (Å²) in [5.41, 5.74) is 2.24. The van der Waals surface area contributed by atoms with Crippen molar-refractivity contribution in [2.24, 2.45) is 5.92 Å². The first-order valence-corrected chi connectivity index (χ1v) is 16.3. The number of benzene rings is 3. The van der Waals surface area contributed by atoms with Crippen LogP contribution in [0.2, 0.25) is 19.4 Å². The molecule has 1 saturated heterocycles. The summed E-state index contributed by atoms with van der Waals surface area (Å²) in [6.07, 6.45) is 0.280. The molecule has 0 amide bonds. The summed E-state index contributed by atoms with van der Waals surface area (Å²) < 4.78 is 26.1. The number of hydrogen-bond donors (Lipinski definition) is 0. The van der Waals surface area contributed by atoms with Crippen LogP contribution in [0.15, 0.2) is 91.5 Å². The predicted octanol–water partition coefficient (Wildman–Crippen LogP) is 7.29. The number of hydrogen-bond acceptors (Lipinski definition) is 4. The van der Waals surface area contributed by atoms with E-state index in [0.717, 1.165) is 22.4 Å². The summed E-state index contributed by atoms with van der Waals surface area (Å²) in [5.74, 6) is 0.675. The zero-order valence-electron chi connectivity index (χ0n) is 23.9. The van der Waals surface area contributed by atoms with E-state index >= 15 is 0 Å². The lowest BCUT2D eigenvalue weighted by Crippen LogP contribution is -2.47. The first kappa shape index (κ1) is 28.4. The molecule has 1 aliphatic rings. The van der Waals surface area contributed by atoms with Gasteiger partial charge < -0.3 is 18.5 Å². The van der Waals surface area contributed by atoms with E-state index in [9.17, 15) is 0 Å². The normalized spacial score (nSPS) is 18.1. The molecule has 3 aromatic rings. The molecule has 1 heterocycles. The van der Waals surface area contributed by atoms with Crippen molar-refractivity contribution in [3.8, 4) is 5.75 Å². The van der Waals surface area contributed by atoms with Gasteiger partial charge in [0.1, 0.15) is 5.75 Å². The van der Waals surface area contributed by atoms with Crippen LogP contribution in [0.1, 0.15) is 44.9 Å². The van der Waals surface area contributed by atoms with E-state index in [2.05, 4.69) is 89.8 Å². The summed E-state index contributed by atoms with van der Waals surface area (Å²) in [4.78, 5) is 0. The Morgan fingerprint density at radius 3 is 1.95 bits per heavy atom. The maximum absolute atomic E-state index is 7.26. The van der Waals surface area contributed by atoms with Gasteiger partial charge in [0.25, 0.3) is 0 Å². The fourth-order valence-corrected chi connectivity index (χ4v) is 7.13. The van der Waals surface area contributed by atoms with Gasteiger partial charge in [-0.25, -0.2) is 0 Å². The van der Waals surface area contributed by atoms with Crippen molar-refractivity contribution in [3.05, 3.63) is 103 Å². The quantitative estimate of drug-likeness (QED) is 0.259. The molecule has 6 heteroatoms. The fraction of sp³-hybridized carbons (Fsp3) is 0.375. The average Bonchev–Trinajstić information content (AvgIpc) is 3.12. The van der Waals surface area contributed by atoms with Crippen LogP contribution in [0, 0.1) is 5.92 Å². The Hall–Kier alpha value is -2.64. The third-order valence-corrected chi connectivity index (χ3v) is 10.6. The molecule has 0 radical (unpaired) electrons. The van der Waals surface area contributed by atoms with Crippen molar-refractivity contribution in [1.29, 1.82) is 0 Å². The number of methoxy groups -OCH3 is 1. The Morgan fingerprint density at radius 1 is 0.842 bits per heavy atom. The molecule has 0 N–H and O–H groups in total. The molecule has 0 saturated carbocycles. The van der Waals surface area contributed by atoms with Crippen molar-refractivity contribution in [2.75, 3.05) is 7.11 Å². The highest BCUT2D eigenvalue weighted by molar-refractivity contribution is 6.84. The van der Waals surface area contributed by atoms with E-state index < -0.39 is 26.6 Å². The number of rotatable bonds is 10. The molecule has 0 aromatic heterocycles. The van der Waals surface area contributed by atoms with E-state index in [1.165, 1.54) is 5.19 Å². The Kier molecular flexibility index (Phi) is 8.38. The SMILES string of the molecule is C=C(c1ccccc1)C(CB1OC(C)(C)C(C)(C)O1)C(O[Si](C)(C)c1ccccc1)c1ccccc1OC. The predicted molar refractivity (Wildman–Crippen MR) is 160 cm³/mol. The lowest BCUT2D eigenvalue weighted by atomic mass is 9.70. The molecule has 38 heavy (non-hydrogen) atoms. The molecule has 2 atom stereocenters. The molecular weight excluding hydrogens is 487 g/mol. The van der Waals surface area contributed by atoms with Gasteiger partial charge in [-0.05, 0) is 69.5 Å². The summed E-state index contributed by atoms with van der Waals surface area (Å²) in [7, 11) is -1.04. The minimum Gasteiger partial charge on any atom is -0.496 e. The van der Waals surface area contributed by atoms with Crippen molar-refractivity contribution >= 4 is 26.2 Å². The van der Waals surface area contributed by atoms with Gasteiger partial charge in [0.15, 0.2) is 0 Å². The molecule has 4 nitrogen and oxygen atoms in total. The zero-order chi connectivity index (χ0) is 27.6. The van der Waals surface area contributed by atoms with Crippen LogP contribution < -0.4 is 9.92 Å². The standard InChI is InChI=1S/C32H41BO4Si/c1-24(25-17-11-9-12-18-25)28(23-33-36-31(2,3)32(4,5)37-33)30(27-21-15-16-22-29(27)34-6)35-38(7,8)26-19-13-10-14-20-26/h9-22,28,30H,1,23H2,2-8H3. The summed E-state index contributed by atoms with van der Waals surface area (Å²) >= 11 is 0. The lowest BCUT2D eigenvalue weighted by Gasteiger charge is -2.37. The van der Waals surface area contributed by atoms with Crippen LogP contribution in [-0.4, -0.2) is 33.7 Å². The van der Waals surface area contributed by atoms with Gasteiger partial charge >= 0.3 is 7.12 Å². The van der Waals surface area contributed by atoms with Crippen molar-refractivity contribution in [3.63, 3.8) is 0 Å². The Balaban J connectivity index is 1.81. The summed E-state index contributed by atoms with van der Waals surface area (Å²) in [5, 5.41) is 1.24. The molecular formula is C32H41BO4Si. The maximum atomic E-state index is 7.26. The van der Waals surface area contributed by atoms with Gasteiger partial charge in [0.05, 0.1) is 24.4 Å². The van der Waals surface area contributed by atoms with Crippen molar-refractivity contribution < 1.29 is 18.5 Å². The van der Waals surface area contributed by atoms with Crippen LogP contribution in [0.25, 0.3) is 5.57 Å². The van der Waals surface area contributed by atoms with Crippen LogP contribution in [0.5, 0.6) is 5.75 Å². The van der Waals surface area contributed by atoms with Gasteiger partial charge in [-0.3, -0.25) is 0 Å². The van der Waals surface area contributed by atoms with Crippen molar-refractivity contribution in [2.45, 2.75) is 64.4 Å². The van der Waals surface area contributed by atoms with E-state index in [4.69, 9.17) is 18.5 Å². The van der Waals surface area contributed by atoms with Gasteiger partial charge in [0.2, 0.25) is 8.32 Å². The third kappa shape index (κ3) is 5.99. The molecule has 0 aliphatic carbocycles. The van der Waals surface area contributed by atoms with Crippen LogP contribution in [0.3, 0.4) is 0 Å². The molecule has 200 valence electrons. The minimum absolute atomic E-state index is 0.126. The molecule has 1 fully saturated rings.